The van der Waals surface area contributed by atoms with Crippen LogP contribution in [0.2, 0.25) is 0 Å². The van der Waals surface area contributed by atoms with E-state index in [9.17, 15) is 13.2 Å². The molecule has 27 heavy (non-hydrogen) atoms. The number of aromatic nitrogens is 1. The van der Waals surface area contributed by atoms with Gasteiger partial charge in [0.1, 0.15) is 9.88 Å². The average Bonchev–Trinajstić information content (AvgIpc) is 3.21. The lowest BCUT2D eigenvalue weighted by Gasteiger charge is -2.28. The van der Waals surface area contributed by atoms with Crippen LogP contribution in [-0.4, -0.2) is 62.0 Å². The fraction of sp³-hybridized carbons (Fsp3) is 0.474. The van der Waals surface area contributed by atoms with Gasteiger partial charge in [0.2, 0.25) is 0 Å². The van der Waals surface area contributed by atoms with Gasteiger partial charge in [0, 0.05) is 31.9 Å². The summed E-state index contributed by atoms with van der Waals surface area (Å²) in [5.41, 5.74) is 1.65. The summed E-state index contributed by atoms with van der Waals surface area (Å²) in [5.74, 6) is 0.0444. The van der Waals surface area contributed by atoms with Crippen molar-refractivity contribution in [3.63, 3.8) is 0 Å². The molecule has 0 spiro atoms. The molecular weight excluding hydrogens is 384 g/mol. The van der Waals surface area contributed by atoms with Crippen molar-refractivity contribution in [1.82, 2.24) is 9.88 Å². The number of thiazole rings is 1. The Labute approximate surface area is 164 Å². The minimum Gasteiger partial charge on any atom is -0.385 e. The van der Waals surface area contributed by atoms with Crippen LogP contribution >= 0.6 is 11.3 Å². The van der Waals surface area contributed by atoms with Gasteiger partial charge in [-0.25, -0.2) is 13.4 Å². The lowest BCUT2D eigenvalue weighted by Crippen LogP contribution is -2.42. The molecule has 146 valence electrons. The summed E-state index contributed by atoms with van der Waals surface area (Å²) in [6, 6.07) is 9.47. The molecule has 0 saturated carbocycles. The zero-order valence-corrected chi connectivity index (χ0v) is 17.2. The van der Waals surface area contributed by atoms with Gasteiger partial charge in [-0.1, -0.05) is 30.3 Å². The van der Waals surface area contributed by atoms with E-state index in [0.29, 0.717) is 36.6 Å². The molecule has 1 aromatic heterocycles. The van der Waals surface area contributed by atoms with Gasteiger partial charge >= 0.3 is 0 Å². The molecule has 1 atom stereocenters. The highest BCUT2D eigenvalue weighted by molar-refractivity contribution is 7.91. The molecule has 0 radical (unpaired) electrons. The van der Waals surface area contributed by atoms with Crippen LogP contribution in [0, 0.1) is 6.92 Å². The maximum Gasteiger partial charge on any atom is 0.266 e. The van der Waals surface area contributed by atoms with Crippen LogP contribution in [0.15, 0.2) is 30.3 Å². The third-order valence-electron chi connectivity index (χ3n) is 4.67. The number of hydrogen-bond donors (Lipinski definition) is 0. The Morgan fingerprint density at radius 2 is 2.07 bits per heavy atom. The second kappa shape index (κ2) is 8.50. The number of rotatable bonds is 7. The van der Waals surface area contributed by atoms with Crippen LogP contribution in [0.25, 0.3) is 10.6 Å². The number of aryl methyl sites for hydroxylation is 1. The third-order valence-corrected chi connectivity index (χ3v) is 7.61. The summed E-state index contributed by atoms with van der Waals surface area (Å²) in [6.07, 6.45) is 1.16. The largest absolute Gasteiger partial charge is 0.385 e. The first kappa shape index (κ1) is 20.0. The van der Waals surface area contributed by atoms with E-state index in [1.165, 1.54) is 11.3 Å². The summed E-state index contributed by atoms with van der Waals surface area (Å²) >= 11 is 1.36. The number of nitrogens with zero attached hydrogens (tertiary/aromatic N) is 2. The first-order valence-electron chi connectivity index (χ1n) is 8.94. The molecule has 2 aromatic rings. The Bertz CT molecular complexity index is 894. The zero-order valence-electron chi connectivity index (χ0n) is 15.6. The minimum absolute atomic E-state index is 0.0368. The van der Waals surface area contributed by atoms with Gasteiger partial charge in [-0.2, -0.15) is 0 Å². The monoisotopic (exact) mass is 408 g/mol. The van der Waals surface area contributed by atoms with Crippen LogP contribution in [0.4, 0.5) is 0 Å². The van der Waals surface area contributed by atoms with Crippen molar-refractivity contribution < 1.29 is 17.9 Å². The predicted octanol–water partition coefficient (Wildman–Crippen LogP) is 2.78. The quantitative estimate of drug-likeness (QED) is 0.659. The SMILES string of the molecule is COCCCN(C(=O)c1sc(-c2ccccc2)nc1C)C1CCS(=O)(=O)C1. The molecule has 1 aliphatic heterocycles. The highest BCUT2D eigenvalue weighted by Crippen LogP contribution is 2.30. The lowest BCUT2D eigenvalue weighted by atomic mass is 10.2. The van der Waals surface area contributed by atoms with E-state index in [2.05, 4.69) is 4.98 Å². The van der Waals surface area contributed by atoms with E-state index in [1.807, 2.05) is 37.3 Å². The Morgan fingerprint density at radius 3 is 2.70 bits per heavy atom. The first-order chi connectivity index (χ1) is 12.9. The lowest BCUT2D eigenvalue weighted by molar-refractivity contribution is 0.0678. The van der Waals surface area contributed by atoms with Gasteiger partial charge in [-0.05, 0) is 19.8 Å². The van der Waals surface area contributed by atoms with E-state index in [-0.39, 0.29) is 23.5 Å². The molecule has 0 N–H and O–H groups in total. The number of ether oxygens (including phenoxy) is 1. The topological polar surface area (TPSA) is 76.6 Å². The molecular formula is C19H24N2O4S2. The molecule has 1 amide bonds. The van der Waals surface area contributed by atoms with Crippen molar-refractivity contribution in [1.29, 1.82) is 0 Å². The molecule has 1 aliphatic rings. The van der Waals surface area contributed by atoms with Crippen LogP contribution < -0.4 is 0 Å². The summed E-state index contributed by atoms with van der Waals surface area (Å²) in [6.45, 7) is 2.83. The van der Waals surface area contributed by atoms with E-state index < -0.39 is 9.84 Å². The standard InChI is InChI=1S/C19H24N2O4S2/c1-14-17(26-18(20-14)15-7-4-3-5-8-15)19(22)21(10-6-11-25-2)16-9-12-27(23,24)13-16/h3-5,7-8,16H,6,9-13H2,1-2H3. The maximum absolute atomic E-state index is 13.3. The average molecular weight is 409 g/mol. The van der Waals surface area contributed by atoms with Crippen LogP contribution in [0.3, 0.4) is 0 Å². The molecule has 1 saturated heterocycles. The second-order valence-corrected chi connectivity index (χ2v) is 9.93. The van der Waals surface area contributed by atoms with E-state index in [1.54, 1.807) is 12.0 Å². The van der Waals surface area contributed by atoms with Crippen molar-refractivity contribution in [3.8, 4) is 10.6 Å². The first-order valence-corrected chi connectivity index (χ1v) is 11.6. The molecule has 8 heteroatoms. The Morgan fingerprint density at radius 1 is 1.33 bits per heavy atom. The smallest absolute Gasteiger partial charge is 0.266 e. The number of benzene rings is 1. The van der Waals surface area contributed by atoms with Gasteiger partial charge in [-0.15, -0.1) is 11.3 Å². The number of hydrogen-bond acceptors (Lipinski definition) is 6. The molecule has 1 aromatic carbocycles. The van der Waals surface area contributed by atoms with Gasteiger partial charge in [0.15, 0.2) is 9.84 Å². The normalized spacial score (nSPS) is 18.5. The van der Waals surface area contributed by atoms with E-state index in [4.69, 9.17) is 4.74 Å². The minimum atomic E-state index is -3.07. The molecule has 1 fully saturated rings. The number of methoxy groups -OCH3 is 1. The number of amides is 1. The molecule has 2 heterocycles. The third kappa shape index (κ3) is 4.75. The highest BCUT2D eigenvalue weighted by Gasteiger charge is 2.35. The summed E-state index contributed by atoms with van der Waals surface area (Å²) in [4.78, 5) is 20.1. The van der Waals surface area contributed by atoms with Crippen LogP contribution in [-0.2, 0) is 14.6 Å². The number of carbonyl (C=O) groups excluding carboxylic acids is 1. The zero-order chi connectivity index (χ0) is 19.4. The summed E-state index contributed by atoms with van der Waals surface area (Å²) < 4.78 is 28.9. The Hall–Kier alpha value is -1.77. The van der Waals surface area contributed by atoms with Crippen LogP contribution in [0.1, 0.15) is 28.2 Å². The van der Waals surface area contributed by atoms with Gasteiger partial charge in [-0.3, -0.25) is 4.79 Å². The second-order valence-electron chi connectivity index (χ2n) is 6.70. The maximum atomic E-state index is 13.3. The summed E-state index contributed by atoms with van der Waals surface area (Å²) in [7, 11) is -1.46. The van der Waals surface area contributed by atoms with E-state index in [0.717, 1.165) is 10.6 Å². The van der Waals surface area contributed by atoms with Crippen molar-refractivity contribution >= 4 is 27.1 Å². The van der Waals surface area contributed by atoms with Crippen LogP contribution in [0.5, 0.6) is 0 Å². The van der Waals surface area contributed by atoms with Crippen molar-refractivity contribution in [2.75, 3.05) is 31.8 Å². The molecule has 0 bridgehead atoms. The summed E-state index contributed by atoms with van der Waals surface area (Å²) in [5, 5.41) is 0.798. The van der Waals surface area contributed by atoms with Gasteiger partial charge in [0.05, 0.1) is 17.2 Å². The Kier molecular flexibility index (Phi) is 6.29. The highest BCUT2D eigenvalue weighted by atomic mass is 32.2. The number of carbonyl (C=O) groups is 1. The predicted molar refractivity (Wildman–Crippen MR) is 107 cm³/mol. The van der Waals surface area contributed by atoms with Gasteiger partial charge < -0.3 is 9.64 Å². The van der Waals surface area contributed by atoms with Crippen molar-refractivity contribution in [2.24, 2.45) is 0 Å². The van der Waals surface area contributed by atoms with Crippen molar-refractivity contribution in [3.05, 3.63) is 40.9 Å². The molecule has 0 aliphatic carbocycles. The van der Waals surface area contributed by atoms with E-state index >= 15 is 0 Å². The fourth-order valence-corrected chi connectivity index (χ4v) is 6.04. The molecule has 3 rings (SSSR count). The molecule has 6 nitrogen and oxygen atoms in total. The Balaban J connectivity index is 1.86. The fourth-order valence-electron chi connectivity index (χ4n) is 3.28. The van der Waals surface area contributed by atoms with Crippen molar-refractivity contribution in [2.45, 2.75) is 25.8 Å². The number of sulfone groups is 1. The van der Waals surface area contributed by atoms with Gasteiger partial charge in [0.25, 0.3) is 5.91 Å². The molecule has 1 unspecified atom stereocenters.